The molecule has 0 aliphatic carbocycles. The fourth-order valence-corrected chi connectivity index (χ4v) is 6.58. The smallest absolute Gasteiger partial charge is 0.472 e. The van der Waals surface area contributed by atoms with Crippen LogP contribution in [0.2, 0.25) is 0 Å². The van der Waals surface area contributed by atoms with E-state index in [0.717, 1.165) is 64.2 Å². The molecule has 0 aliphatic rings. The lowest BCUT2D eigenvalue weighted by atomic mass is 10.0. The number of allylic oxidation sites excluding steroid dienone is 4. The zero-order valence-corrected chi connectivity index (χ0v) is 35.0. The van der Waals surface area contributed by atoms with Crippen molar-refractivity contribution >= 4 is 25.7 Å². The molecule has 0 aromatic rings. The quantitative estimate of drug-likeness (QED) is 0.0233. The Bertz CT molecular complexity index is 1020. The van der Waals surface area contributed by atoms with Gasteiger partial charge in [0.25, 0.3) is 0 Å². The monoisotopic (exact) mass is 788 g/mol. The van der Waals surface area contributed by atoms with Crippen molar-refractivity contribution in [2.75, 3.05) is 19.8 Å². The van der Waals surface area contributed by atoms with Gasteiger partial charge in [0, 0.05) is 12.8 Å². The summed E-state index contributed by atoms with van der Waals surface area (Å²) in [6, 6.07) is -1.52. The number of carboxylic acids is 1. The van der Waals surface area contributed by atoms with Gasteiger partial charge in [-0.1, -0.05) is 160 Å². The average Bonchev–Trinajstić information content (AvgIpc) is 3.14. The lowest BCUT2D eigenvalue weighted by Crippen LogP contribution is -2.34. The third-order valence-corrected chi connectivity index (χ3v) is 10.2. The number of unbranched alkanes of at least 4 members (excludes halogenated alkanes) is 22. The Labute approximate surface area is 328 Å². The van der Waals surface area contributed by atoms with Crippen molar-refractivity contribution in [3.8, 4) is 0 Å². The summed E-state index contributed by atoms with van der Waals surface area (Å²) in [6.45, 7) is 2.77. The summed E-state index contributed by atoms with van der Waals surface area (Å²) in [7, 11) is -4.71. The van der Waals surface area contributed by atoms with Crippen LogP contribution in [0, 0.1) is 0 Å². The first-order chi connectivity index (χ1) is 26.1. The number of carboxylic acid groups (broad SMARTS) is 1. The van der Waals surface area contributed by atoms with Crippen LogP contribution >= 0.6 is 7.82 Å². The van der Waals surface area contributed by atoms with E-state index in [2.05, 4.69) is 42.7 Å². The topological polar surface area (TPSA) is 172 Å². The minimum atomic E-state index is -4.71. The highest BCUT2D eigenvalue weighted by molar-refractivity contribution is 7.47. The Morgan fingerprint density at radius 3 is 1.48 bits per heavy atom. The Hall–Kier alpha value is -2.04. The minimum absolute atomic E-state index is 0.162. The number of hydrogen-bond donors (Lipinski definition) is 3. The summed E-state index contributed by atoms with van der Waals surface area (Å²) < 4.78 is 32.7. The summed E-state index contributed by atoms with van der Waals surface area (Å²) in [6.07, 6.45) is 38.1. The van der Waals surface area contributed by atoms with Crippen molar-refractivity contribution in [3.63, 3.8) is 0 Å². The SMILES string of the molecule is CCCCC/C=C\C/C=C\CCCCCCCC(=O)OCC(COP(=O)(O)OC[C@H](N)C(=O)O)OC(=O)CCCCCCCCCCCCCCCCC. The fraction of sp³-hybridized carbons (Fsp3) is 0.833. The zero-order valence-electron chi connectivity index (χ0n) is 34.1. The van der Waals surface area contributed by atoms with Gasteiger partial charge in [-0.2, -0.15) is 0 Å². The fourth-order valence-electron chi connectivity index (χ4n) is 5.80. The van der Waals surface area contributed by atoms with Gasteiger partial charge in [0.15, 0.2) is 6.10 Å². The molecule has 0 bridgehead atoms. The largest absolute Gasteiger partial charge is 0.480 e. The van der Waals surface area contributed by atoms with E-state index >= 15 is 0 Å². The highest BCUT2D eigenvalue weighted by Crippen LogP contribution is 2.43. The predicted molar refractivity (Wildman–Crippen MR) is 217 cm³/mol. The first-order valence-electron chi connectivity index (χ1n) is 21.4. The normalized spacial score (nSPS) is 14.0. The van der Waals surface area contributed by atoms with Crippen molar-refractivity contribution in [2.24, 2.45) is 5.73 Å². The molecule has 0 fully saturated rings. The molecule has 54 heavy (non-hydrogen) atoms. The van der Waals surface area contributed by atoms with Crippen molar-refractivity contribution < 1.29 is 47.5 Å². The van der Waals surface area contributed by atoms with Gasteiger partial charge in [-0.05, 0) is 44.9 Å². The molecule has 4 N–H and O–H groups in total. The van der Waals surface area contributed by atoms with Gasteiger partial charge in [-0.3, -0.25) is 23.4 Å². The number of phosphoric ester groups is 1. The Morgan fingerprint density at radius 2 is 0.981 bits per heavy atom. The van der Waals surface area contributed by atoms with Gasteiger partial charge < -0.3 is 25.2 Å². The van der Waals surface area contributed by atoms with Crippen LogP contribution in [0.15, 0.2) is 24.3 Å². The molecule has 12 heteroatoms. The van der Waals surface area contributed by atoms with Gasteiger partial charge in [-0.25, -0.2) is 4.57 Å². The molecule has 0 amide bonds. The van der Waals surface area contributed by atoms with Crippen LogP contribution < -0.4 is 5.73 Å². The van der Waals surface area contributed by atoms with Crippen LogP contribution in [0.5, 0.6) is 0 Å². The van der Waals surface area contributed by atoms with E-state index < -0.39 is 51.1 Å². The summed E-state index contributed by atoms with van der Waals surface area (Å²) in [5.41, 5.74) is 5.33. The predicted octanol–water partition coefficient (Wildman–Crippen LogP) is 11.1. The van der Waals surface area contributed by atoms with Crippen LogP contribution in [0.4, 0.5) is 0 Å². The van der Waals surface area contributed by atoms with Crippen LogP contribution in [0.25, 0.3) is 0 Å². The molecule has 0 spiro atoms. The maximum absolute atomic E-state index is 12.6. The maximum atomic E-state index is 12.6. The van der Waals surface area contributed by atoms with E-state index in [1.165, 1.54) is 89.9 Å². The molecule has 0 aliphatic heterocycles. The second kappa shape index (κ2) is 37.9. The lowest BCUT2D eigenvalue weighted by Gasteiger charge is -2.20. The van der Waals surface area contributed by atoms with E-state index in [1.807, 2.05) is 0 Å². The molecule has 0 aromatic carbocycles. The molecule has 0 heterocycles. The molecule has 3 atom stereocenters. The number of aliphatic carboxylic acids is 1. The Morgan fingerprint density at radius 1 is 0.574 bits per heavy atom. The molecule has 0 radical (unpaired) electrons. The van der Waals surface area contributed by atoms with E-state index in [0.29, 0.717) is 12.8 Å². The number of ether oxygens (including phenoxy) is 2. The molecule has 0 saturated heterocycles. The first kappa shape index (κ1) is 52.0. The van der Waals surface area contributed by atoms with Gasteiger partial charge in [-0.15, -0.1) is 0 Å². The summed E-state index contributed by atoms with van der Waals surface area (Å²) in [5.74, 6) is -2.39. The molecule has 0 saturated carbocycles. The summed E-state index contributed by atoms with van der Waals surface area (Å²) >= 11 is 0. The highest BCUT2D eigenvalue weighted by Gasteiger charge is 2.28. The molecule has 0 aromatic heterocycles. The van der Waals surface area contributed by atoms with E-state index in [9.17, 15) is 23.8 Å². The summed E-state index contributed by atoms with van der Waals surface area (Å²) in [4.78, 5) is 45.9. The maximum Gasteiger partial charge on any atom is 0.472 e. The Kier molecular flexibility index (Phi) is 36.4. The van der Waals surface area contributed by atoms with Crippen molar-refractivity contribution in [2.45, 2.75) is 206 Å². The van der Waals surface area contributed by atoms with Gasteiger partial charge in [0.1, 0.15) is 12.6 Å². The van der Waals surface area contributed by atoms with E-state index in [1.54, 1.807) is 0 Å². The van der Waals surface area contributed by atoms with Gasteiger partial charge in [0.2, 0.25) is 0 Å². The molecule has 0 rings (SSSR count). The first-order valence-corrected chi connectivity index (χ1v) is 22.9. The number of hydrogen-bond acceptors (Lipinski definition) is 9. The van der Waals surface area contributed by atoms with E-state index in [4.69, 9.17) is 24.8 Å². The van der Waals surface area contributed by atoms with Crippen LogP contribution in [0.1, 0.15) is 194 Å². The van der Waals surface area contributed by atoms with Gasteiger partial charge in [0.05, 0.1) is 13.2 Å². The zero-order chi connectivity index (χ0) is 40.0. The van der Waals surface area contributed by atoms with Crippen LogP contribution in [0.3, 0.4) is 0 Å². The number of esters is 2. The summed E-state index contributed by atoms with van der Waals surface area (Å²) in [5, 5.41) is 8.88. The third kappa shape index (κ3) is 36.9. The molecular weight excluding hydrogens is 709 g/mol. The second-order valence-electron chi connectivity index (χ2n) is 14.5. The van der Waals surface area contributed by atoms with Crippen LogP contribution in [-0.4, -0.2) is 59.9 Å². The third-order valence-electron chi connectivity index (χ3n) is 9.20. The second-order valence-corrected chi connectivity index (χ2v) is 15.9. The van der Waals surface area contributed by atoms with Crippen molar-refractivity contribution in [3.05, 3.63) is 24.3 Å². The Balaban J connectivity index is 4.38. The van der Waals surface area contributed by atoms with Crippen LogP contribution in [-0.2, 0) is 37.5 Å². The number of nitrogens with two attached hydrogens (primary N) is 1. The van der Waals surface area contributed by atoms with Crippen molar-refractivity contribution in [1.82, 2.24) is 0 Å². The number of rotatable bonds is 40. The lowest BCUT2D eigenvalue weighted by molar-refractivity contribution is -0.161. The highest BCUT2D eigenvalue weighted by atomic mass is 31.2. The van der Waals surface area contributed by atoms with Crippen molar-refractivity contribution in [1.29, 1.82) is 0 Å². The number of carbonyl (C=O) groups is 3. The molecule has 11 nitrogen and oxygen atoms in total. The molecule has 2 unspecified atom stereocenters. The average molecular weight is 788 g/mol. The standard InChI is InChI=1S/C42H78NO10P/c1-3-5-7-9-11-13-15-17-19-21-23-25-27-29-31-33-40(44)50-35-38(36-51-54(48,49)52-37-39(43)42(46)47)53-41(45)34-32-30-28-26-24-22-20-18-16-14-12-10-8-6-4-2/h11,13,17,19,38-39H,3-10,12,14-16,18,20-37,43H2,1-2H3,(H,46,47)(H,48,49)/b13-11-,19-17-/t38?,39-/m0/s1. The minimum Gasteiger partial charge on any atom is -0.480 e. The number of phosphoric acid groups is 1. The van der Waals surface area contributed by atoms with Gasteiger partial charge >= 0.3 is 25.7 Å². The van der Waals surface area contributed by atoms with E-state index in [-0.39, 0.29) is 19.4 Å². The molecular formula is C42H78NO10P. The number of carbonyl (C=O) groups excluding carboxylic acids is 2. The molecule has 316 valence electrons.